The fraction of sp³-hybridized carbons (Fsp3) is 0.696. The van der Waals surface area contributed by atoms with Crippen LogP contribution in [-0.4, -0.2) is 57.6 Å². The number of carbonyl (C=O) groups excluding carboxylic acids is 1. The van der Waals surface area contributed by atoms with Gasteiger partial charge in [0.1, 0.15) is 0 Å². The van der Waals surface area contributed by atoms with E-state index in [1.165, 1.54) is 11.8 Å². The number of rotatable bonds is 6. The first-order chi connectivity index (χ1) is 14.2. The molecule has 1 saturated carbocycles. The van der Waals surface area contributed by atoms with Gasteiger partial charge in [-0.25, -0.2) is 13.2 Å². The topological polar surface area (TPSA) is 72.9 Å². The molecule has 30 heavy (non-hydrogen) atoms. The Balaban J connectivity index is 1.37. The van der Waals surface area contributed by atoms with Crippen molar-refractivity contribution >= 4 is 15.9 Å². The number of carbonyl (C=O) groups is 1. The number of nitrogens with zero attached hydrogens (tertiary/aromatic N) is 1. The van der Waals surface area contributed by atoms with Crippen molar-refractivity contribution in [3.8, 4) is 0 Å². The standard InChI is InChI=1S/C23H35NO5S/c1-17(2)29-23(25)24-14-12-18(13-15-24)16-28-21-8-4-19(5-9-21)20-6-10-22(11-7-20)30(3,26)27/h6-7,10-11,17-19,21H,4-5,8-9,12-16H2,1-3H3. The quantitative estimate of drug-likeness (QED) is 0.660. The van der Waals surface area contributed by atoms with E-state index >= 15 is 0 Å². The van der Waals surface area contributed by atoms with Gasteiger partial charge in [0, 0.05) is 26.0 Å². The Morgan fingerprint density at radius 3 is 2.17 bits per heavy atom. The fourth-order valence-corrected chi connectivity index (χ4v) is 5.01. The molecule has 168 valence electrons. The van der Waals surface area contributed by atoms with Gasteiger partial charge in [-0.05, 0) is 81.9 Å². The van der Waals surface area contributed by atoms with Gasteiger partial charge in [0.25, 0.3) is 0 Å². The number of sulfone groups is 1. The summed E-state index contributed by atoms with van der Waals surface area (Å²) in [5, 5.41) is 0. The van der Waals surface area contributed by atoms with Crippen molar-refractivity contribution < 1.29 is 22.7 Å². The first-order valence-electron chi connectivity index (χ1n) is 11.1. The van der Waals surface area contributed by atoms with Crippen LogP contribution in [0.3, 0.4) is 0 Å². The van der Waals surface area contributed by atoms with E-state index in [4.69, 9.17) is 9.47 Å². The van der Waals surface area contributed by atoms with E-state index in [0.29, 0.717) is 22.8 Å². The lowest BCUT2D eigenvalue weighted by molar-refractivity contribution is -0.00904. The summed E-state index contributed by atoms with van der Waals surface area (Å²) in [6.45, 7) is 6.01. The van der Waals surface area contributed by atoms with Crippen molar-refractivity contribution in [2.24, 2.45) is 5.92 Å². The molecular weight excluding hydrogens is 402 g/mol. The summed E-state index contributed by atoms with van der Waals surface area (Å²) < 4.78 is 34.7. The van der Waals surface area contributed by atoms with Crippen LogP contribution in [0.25, 0.3) is 0 Å². The molecule has 2 aliphatic rings. The Morgan fingerprint density at radius 2 is 1.63 bits per heavy atom. The predicted molar refractivity (Wildman–Crippen MR) is 116 cm³/mol. The zero-order valence-electron chi connectivity index (χ0n) is 18.4. The molecule has 6 nitrogen and oxygen atoms in total. The second kappa shape index (κ2) is 10.1. The van der Waals surface area contributed by atoms with Gasteiger partial charge in [-0.15, -0.1) is 0 Å². The maximum atomic E-state index is 12.0. The summed E-state index contributed by atoms with van der Waals surface area (Å²) in [7, 11) is -3.14. The molecule has 1 saturated heterocycles. The molecule has 0 N–H and O–H groups in total. The van der Waals surface area contributed by atoms with Crippen LogP contribution >= 0.6 is 0 Å². The summed E-state index contributed by atoms with van der Waals surface area (Å²) in [5.41, 5.74) is 1.22. The number of ether oxygens (including phenoxy) is 2. The Kier molecular flexibility index (Phi) is 7.80. The van der Waals surface area contributed by atoms with Crippen LogP contribution in [0.4, 0.5) is 4.79 Å². The van der Waals surface area contributed by atoms with Crippen molar-refractivity contribution in [3.05, 3.63) is 29.8 Å². The maximum absolute atomic E-state index is 12.0. The SMILES string of the molecule is CC(C)OC(=O)N1CCC(COC2CCC(c3ccc(S(C)(=O)=O)cc3)CC2)CC1. The highest BCUT2D eigenvalue weighted by Crippen LogP contribution is 2.35. The molecule has 0 unspecified atom stereocenters. The van der Waals surface area contributed by atoms with Gasteiger partial charge in [0.05, 0.1) is 17.1 Å². The number of hydrogen-bond donors (Lipinski definition) is 0. The van der Waals surface area contributed by atoms with Gasteiger partial charge < -0.3 is 14.4 Å². The maximum Gasteiger partial charge on any atom is 0.410 e. The highest BCUT2D eigenvalue weighted by atomic mass is 32.2. The highest BCUT2D eigenvalue weighted by Gasteiger charge is 2.27. The van der Waals surface area contributed by atoms with Crippen LogP contribution in [0.15, 0.2) is 29.2 Å². The molecular formula is C23H35NO5S. The Morgan fingerprint density at radius 1 is 1.03 bits per heavy atom. The average Bonchev–Trinajstić information content (AvgIpc) is 2.72. The third-order valence-corrected chi connectivity index (χ3v) is 7.36. The van der Waals surface area contributed by atoms with Crippen LogP contribution in [0.2, 0.25) is 0 Å². The van der Waals surface area contributed by atoms with Gasteiger partial charge in [0.2, 0.25) is 0 Å². The van der Waals surface area contributed by atoms with Crippen LogP contribution < -0.4 is 0 Å². The average molecular weight is 438 g/mol. The van der Waals surface area contributed by atoms with E-state index in [9.17, 15) is 13.2 Å². The summed E-state index contributed by atoms with van der Waals surface area (Å²) in [5.74, 6) is 0.989. The number of likely N-dealkylation sites (tertiary alicyclic amines) is 1. The van der Waals surface area contributed by atoms with E-state index in [-0.39, 0.29) is 12.2 Å². The van der Waals surface area contributed by atoms with Crippen molar-refractivity contribution in [2.45, 2.75) is 75.4 Å². The largest absolute Gasteiger partial charge is 0.447 e. The lowest BCUT2D eigenvalue weighted by Gasteiger charge is -2.34. The number of hydrogen-bond acceptors (Lipinski definition) is 5. The second-order valence-electron chi connectivity index (χ2n) is 9.01. The summed E-state index contributed by atoms with van der Waals surface area (Å²) in [4.78, 5) is 14.2. The molecule has 1 aromatic carbocycles. The van der Waals surface area contributed by atoms with E-state index in [1.54, 1.807) is 17.0 Å². The normalized spacial score (nSPS) is 23.5. The lowest BCUT2D eigenvalue weighted by Crippen LogP contribution is -2.40. The Labute approximate surface area is 180 Å². The smallest absolute Gasteiger partial charge is 0.410 e. The minimum absolute atomic E-state index is 0.0775. The molecule has 0 atom stereocenters. The van der Waals surface area contributed by atoms with Crippen LogP contribution in [-0.2, 0) is 19.3 Å². The fourth-order valence-electron chi connectivity index (χ4n) is 4.38. The zero-order valence-corrected chi connectivity index (χ0v) is 19.2. The molecule has 0 bridgehead atoms. The second-order valence-corrected chi connectivity index (χ2v) is 11.0. The Hall–Kier alpha value is -1.60. The minimum atomic E-state index is -3.14. The molecule has 1 aliphatic heterocycles. The summed E-state index contributed by atoms with van der Waals surface area (Å²) in [6.07, 6.45) is 7.43. The number of piperidine rings is 1. The highest BCUT2D eigenvalue weighted by molar-refractivity contribution is 7.90. The summed E-state index contributed by atoms with van der Waals surface area (Å²) >= 11 is 0. The zero-order chi connectivity index (χ0) is 21.7. The minimum Gasteiger partial charge on any atom is -0.447 e. The monoisotopic (exact) mass is 437 g/mol. The molecule has 0 radical (unpaired) electrons. The molecule has 3 rings (SSSR count). The first-order valence-corrected chi connectivity index (χ1v) is 13.0. The molecule has 0 aromatic heterocycles. The van der Waals surface area contributed by atoms with Gasteiger partial charge >= 0.3 is 6.09 Å². The molecule has 0 spiro atoms. The van der Waals surface area contributed by atoms with Crippen LogP contribution in [0.1, 0.15) is 63.9 Å². The van der Waals surface area contributed by atoms with Crippen molar-refractivity contribution in [1.29, 1.82) is 0 Å². The van der Waals surface area contributed by atoms with E-state index in [1.807, 2.05) is 26.0 Å². The van der Waals surface area contributed by atoms with E-state index < -0.39 is 9.84 Å². The number of amides is 1. The van der Waals surface area contributed by atoms with Crippen LogP contribution in [0.5, 0.6) is 0 Å². The Bertz CT molecular complexity index is 789. The molecule has 1 amide bonds. The third kappa shape index (κ3) is 6.45. The molecule has 1 heterocycles. The summed E-state index contributed by atoms with van der Waals surface area (Å²) in [6, 6.07) is 7.35. The van der Waals surface area contributed by atoms with Crippen molar-refractivity contribution in [2.75, 3.05) is 26.0 Å². The lowest BCUT2D eigenvalue weighted by atomic mass is 9.82. The predicted octanol–water partition coefficient (Wildman–Crippen LogP) is 4.39. The first kappa shape index (κ1) is 23.1. The van der Waals surface area contributed by atoms with Crippen molar-refractivity contribution in [1.82, 2.24) is 4.90 Å². The van der Waals surface area contributed by atoms with Crippen molar-refractivity contribution in [3.63, 3.8) is 0 Å². The van der Waals surface area contributed by atoms with Gasteiger partial charge in [-0.2, -0.15) is 0 Å². The molecule has 2 fully saturated rings. The van der Waals surface area contributed by atoms with E-state index in [2.05, 4.69) is 0 Å². The van der Waals surface area contributed by atoms with Crippen LogP contribution in [0, 0.1) is 5.92 Å². The van der Waals surface area contributed by atoms with Gasteiger partial charge in [-0.1, -0.05) is 12.1 Å². The molecule has 1 aliphatic carbocycles. The van der Waals surface area contributed by atoms with Gasteiger partial charge in [0.15, 0.2) is 9.84 Å². The van der Waals surface area contributed by atoms with Gasteiger partial charge in [-0.3, -0.25) is 0 Å². The molecule has 7 heteroatoms. The third-order valence-electron chi connectivity index (χ3n) is 6.23. The molecule has 1 aromatic rings. The number of benzene rings is 1. The van der Waals surface area contributed by atoms with E-state index in [0.717, 1.165) is 58.2 Å².